The lowest BCUT2D eigenvalue weighted by atomic mass is 9.82. The fourth-order valence-corrected chi connectivity index (χ4v) is 3.31. The van der Waals surface area contributed by atoms with Crippen LogP contribution in [0.5, 0.6) is 0 Å². The van der Waals surface area contributed by atoms with Gasteiger partial charge in [0.2, 0.25) is 0 Å². The molecule has 2 heteroatoms. The molecular weight excluding hydrogens is 248 g/mol. The van der Waals surface area contributed by atoms with Crippen LogP contribution in [-0.2, 0) is 6.42 Å². The van der Waals surface area contributed by atoms with Gasteiger partial charge in [-0.05, 0) is 42.2 Å². The van der Waals surface area contributed by atoms with E-state index in [1.807, 2.05) is 12.1 Å². The summed E-state index contributed by atoms with van der Waals surface area (Å²) in [6.07, 6.45) is 5.37. The molecule has 112 valence electrons. The third kappa shape index (κ3) is 4.07. The average Bonchev–Trinajstić information content (AvgIpc) is 2.46. The zero-order chi connectivity index (χ0) is 14.5. The van der Waals surface area contributed by atoms with Gasteiger partial charge >= 0.3 is 0 Å². The van der Waals surface area contributed by atoms with Gasteiger partial charge in [-0.25, -0.2) is 0 Å². The fourth-order valence-electron chi connectivity index (χ4n) is 3.31. The number of benzene rings is 1. The van der Waals surface area contributed by atoms with Crippen molar-refractivity contribution in [1.29, 1.82) is 0 Å². The molecule has 0 radical (unpaired) electrons. The molecule has 2 nitrogen and oxygen atoms in total. The molecule has 0 bridgehead atoms. The van der Waals surface area contributed by atoms with Gasteiger partial charge in [-0.3, -0.25) is 0 Å². The van der Waals surface area contributed by atoms with Crippen LogP contribution in [0, 0.1) is 11.8 Å². The molecule has 1 aliphatic carbocycles. The molecule has 20 heavy (non-hydrogen) atoms. The van der Waals surface area contributed by atoms with Crippen molar-refractivity contribution in [3.05, 3.63) is 35.4 Å². The molecule has 0 aliphatic heterocycles. The Bertz CT molecular complexity index is 408. The van der Waals surface area contributed by atoms with Gasteiger partial charge in [0.05, 0.1) is 6.10 Å². The van der Waals surface area contributed by atoms with Gasteiger partial charge in [-0.2, -0.15) is 0 Å². The molecule has 1 fully saturated rings. The highest BCUT2D eigenvalue weighted by Gasteiger charge is 2.28. The molecule has 0 amide bonds. The number of aliphatic hydroxyl groups excluding tert-OH is 2. The van der Waals surface area contributed by atoms with Crippen LogP contribution in [0.3, 0.4) is 0 Å². The number of rotatable bonds is 5. The first-order valence-electron chi connectivity index (χ1n) is 8.03. The smallest absolute Gasteiger partial charge is 0.105 e. The van der Waals surface area contributed by atoms with Crippen LogP contribution >= 0.6 is 0 Å². The Labute approximate surface area is 122 Å². The Morgan fingerprint density at radius 3 is 2.45 bits per heavy atom. The van der Waals surface area contributed by atoms with Gasteiger partial charge < -0.3 is 10.2 Å². The van der Waals surface area contributed by atoms with Gasteiger partial charge in [-0.15, -0.1) is 0 Å². The molecule has 1 aromatic carbocycles. The van der Waals surface area contributed by atoms with E-state index < -0.39 is 12.2 Å². The molecular formula is C18H28O2. The lowest BCUT2D eigenvalue weighted by Gasteiger charge is -2.30. The minimum atomic E-state index is -0.745. The highest BCUT2D eigenvalue weighted by Crippen LogP contribution is 2.32. The first-order valence-corrected chi connectivity index (χ1v) is 8.03. The second kappa shape index (κ2) is 7.24. The Morgan fingerprint density at radius 1 is 1.10 bits per heavy atom. The summed E-state index contributed by atoms with van der Waals surface area (Å²) < 4.78 is 0. The molecule has 1 aliphatic rings. The van der Waals surface area contributed by atoms with Crippen molar-refractivity contribution in [1.82, 2.24) is 0 Å². The van der Waals surface area contributed by atoms with E-state index in [0.29, 0.717) is 5.92 Å². The van der Waals surface area contributed by atoms with Crippen LogP contribution in [0.4, 0.5) is 0 Å². The highest BCUT2D eigenvalue weighted by atomic mass is 16.3. The predicted molar refractivity (Wildman–Crippen MR) is 82.5 cm³/mol. The lowest BCUT2D eigenvalue weighted by molar-refractivity contribution is -0.0286. The molecule has 2 N–H and O–H groups in total. The summed E-state index contributed by atoms with van der Waals surface area (Å²) in [5, 5.41) is 20.9. The predicted octanol–water partition coefficient (Wildman–Crippen LogP) is 3.86. The molecule has 0 saturated heterocycles. The van der Waals surface area contributed by atoms with E-state index >= 15 is 0 Å². The van der Waals surface area contributed by atoms with E-state index in [1.165, 1.54) is 24.8 Å². The average molecular weight is 276 g/mol. The molecule has 1 aromatic rings. The first-order chi connectivity index (χ1) is 9.58. The molecule has 2 atom stereocenters. The second-order valence-electron chi connectivity index (χ2n) is 6.68. The standard InChI is InChI=1S/C18H28O2/c1-13(2)11-14-7-6-10-16(12-14)18(20)17(19)15-8-4-3-5-9-15/h6-7,10,12-13,15,17-20H,3-5,8-9,11H2,1-2H3. The normalized spacial score (nSPS) is 20.1. The van der Waals surface area contributed by atoms with Gasteiger partial charge in [0.1, 0.15) is 6.10 Å². The van der Waals surface area contributed by atoms with Gasteiger partial charge in [0.25, 0.3) is 0 Å². The zero-order valence-corrected chi connectivity index (χ0v) is 12.8. The molecule has 2 unspecified atom stereocenters. The van der Waals surface area contributed by atoms with Gasteiger partial charge in [0.15, 0.2) is 0 Å². The summed E-state index contributed by atoms with van der Waals surface area (Å²) in [6.45, 7) is 4.39. The Morgan fingerprint density at radius 2 is 1.80 bits per heavy atom. The summed E-state index contributed by atoms with van der Waals surface area (Å²) in [4.78, 5) is 0. The second-order valence-corrected chi connectivity index (χ2v) is 6.68. The number of hydrogen-bond acceptors (Lipinski definition) is 2. The van der Waals surface area contributed by atoms with E-state index in [2.05, 4.69) is 26.0 Å². The summed E-state index contributed by atoms with van der Waals surface area (Å²) in [5.74, 6) is 0.859. The topological polar surface area (TPSA) is 40.5 Å². The molecule has 0 heterocycles. The Hall–Kier alpha value is -0.860. The molecule has 2 rings (SSSR count). The van der Waals surface area contributed by atoms with Crippen LogP contribution in [-0.4, -0.2) is 16.3 Å². The van der Waals surface area contributed by atoms with E-state index in [0.717, 1.165) is 24.8 Å². The van der Waals surface area contributed by atoms with Crippen molar-refractivity contribution >= 4 is 0 Å². The van der Waals surface area contributed by atoms with Crippen LogP contribution in [0.15, 0.2) is 24.3 Å². The Balaban J connectivity index is 2.05. The highest BCUT2D eigenvalue weighted by molar-refractivity contribution is 5.26. The fraction of sp³-hybridized carbons (Fsp3) is 0.667. The third-order valence-corrected chi connectivity index (χ3v) is 4.39. The summed E-state index contributed by atoms with van der Waals surface area (Å²) >= 11 is 0. The maximum atomic E-state index is 10.4. The third-order valence-electron chi connectivity index (χ3n) is 4.39. The Kier molecular flexibility index (Phi) is 5.62. The van der Waals surface area contributed by atoms with Crippen molar-refractivity contribution in [2.75, 3.05) is 0 Å². The van der Waals surface area contributed by atoms with Gasteiger partial charge in [0, 0.05) is 0 Å². The van der Waals surface area contributed by atoms with Crippen LogP contribution in [0.1, 0.15) is 63.2 Å². The lowest BCUT2D eigenvalue weighted by Crippen LogP contribution is -2.29. The van der Waals surface area contributed by atoms with E-state index in [4.69, 9.17) is 0 Å². The SMILES string of the molecule is CC(C)Cc1cccc(C(O)C(O)C2CCCCC2)c1. The van der Waals surface area contributed by atoms with Crippen molar-refractivity contribution in [2.45, 2.75) is 64.6 Å². The largest absolute Gasteiger partial charge is 0.390 e. The minimum absolute atomic E-state index is 0.257. The van der Waals surface area contributed by atoms with Crippen LogP contribution in [0.25, 0.3) is 0 Å². The minimum Gasteiger partial charge on any atom is -0.390 e. The monoisotopic (exact) mass is 276 g/mol. The van der Waals surface area contributed by atoms with Crippen molar-refractivity contribution in [3.63, 3.8) is 0 Å². The summed E-state index contributed by atoms with van der Waals surface area (Å²) in [6, 6.07) is 8.07. The first kappa shape index (κ1) is 15.5. The quantitative estimate of drug-likeness (QED) is 0.857. The van der Waals surface area contributed by atoms with E-state index in [9.17, 15) is 10.2 Å². The maximum Gasteiger partial charge on any atom is 0.105 e. The van der Waals surface area contributed by atoms with Crippen molar-refractivity contribution in [3.8, 4) is 0 Å². The maximum absolute atomic E-state index is 10.4. The van der Waals surface area contributed by atoms with Crippen LogP contribution in [0.2, 0.25) is 0 Å². The molecule has 0 spiro atoms. The molecule has 1 saturated carbocycles. The van der Waals surface area contributed by atoms with Crippen LogP contribution < -0.4 is 0 Å². The number of aliphatic hydroxyl groups is 2. The van der Waals surface area contributed by atoms with Crippen molar-refractivity contribution in [2.24, 2.45) is 11.8 Å². The molecule has 0 aromatic heterocycles. The van der Waals surface area contributed by atoms with E-state index in [1.54, 1.807) is 0 Å². The number of hydrogen-bond donors (Lipinski definition) is 2. The van der Waals surface area contributed by atoms with Gasteiger partial charge in [-0.1, -0.05) is 57.4 Å². The summed E-state index contributed by atoms with van der Waals surface area (Å²) in [5.41, 5.74) is 2.11. The zero-order valence-electron chi connectivity index (χ0n) is 12.8. The summed E-state index contributed by atoms with van der Waals surface area (Å²) in [7, 11) is 0. The van der Waals surface area contributed by atoms with E-state index in [-0.39, 0.29) is 5.92 Å². The van der Waals surface area contributed by atoms with Crippen molar-refractivity contribution < 1.29 is 10.2 Å².